The van der Waals surface area contributed by atoms with Gasteiger partial charge in [-0.1, -0.05) is 41.4 Å². The number of hydrogen-bond donors (Lipinski definition) is 0. The fourth-order valence-corrected chi connectivity index (χ4v) is 4.34. The third kappa shape index (κ3) is 5.69. The molecule has 3 rings (SSSR count). The molecule has 1 aliphatic heterocycles. The van der Waals surface area contributed by atoms with Crippen molar-refractivity contribution in [2.24, 2.45) is 0 Å². The number of esters is 1. The van der Waals surface area contributed by atoms with Gasteiger partial charge in [0.05, 0.1) is 23.6 Å². The number of benzene rings is 2. The van der Waals surface area contributed by atoms with Crippen LogP contribution in [0.15, 0.2) is 41.3 Å². The van der Waals surface area contributed by atoms with Crippen LogP contribution in [0.1, 0.15) is 30.5 Å². The zero-order valence-electron chi connectivity index (χ0n) is 18.7. The first-order chi connectivity index (χ1) is 15.7. The summed E-state index contributed by atoms with van der Waals surface area (Å²) in [4.78, 5) is 37.9. The Kier molecular flexibility index (Phi) is 8.05. The van der Waals surface area contributed by atoms with Crippen molar-refractivity contribution in [3.8, 4) is 11.5 Å². The number of aryl methyl sites for hydroxylation is 1. The van der Waals surface area contributed by atoms with Crippen molar-refractivity contribution >= 4 is 46.6 Å². The quantitative estimate of drug-likeness (QED) is 0.371. The summed E-state index contributed by atoms with van der Waals surface area (Å²) in [5.41, 5.74) is 2.69. The van der Waals surface area contributed by atoms with E-state index in [9.17, 15) is 14.4 Å². The molecule has 0 saturated carbocycles. The van der Waals surface area contributed by atoms with Gasteiger partial charge in [0.25, 0.3) is 11.1 Å². The maximum Gasteiger partial charge on any atom is 0.328 e. The molecule has 1 fully saturated rings. The first kappa shape index (κ1) is 24.7. The molecule has 1 aliphatic rings. The Hall–Kier alpha value is -2.97. The zero-order valence-corrected chi connectivity index (χ0v) is 20.3. The highest BCUT2D eigenvalue weighted by molar-refractivity contribution is 8.18. The molecule has 33 heavy (non-hydrogen) atoms. The average Bonchev–Trinajstić information content (AvgIpc) is 3.06. The molecule has 1 heterocycles. The van der Waals surface area contributed by atoms with E-state index in [4.69, 9.17) is 21.1 Å². The molecule has 0 aliphatic carbocycles. The first-order valence-electron chi connectivity index (χ1n) is 10.2. The molecule has 7 nitrogen and oxygen atoms in total. The van der Waals surface area contributed by atoms with Crippen molar-refractivity contribution in [3.63, 3.8) is 0 Å². The predicted molar refractivity (Wildman–Crippen MR) is 127 cm³/mol. The Morgan fingerprint density at radius 1 is 1.18 bits per heavy atom. The zero-order chi connectivity index (χ0) is 24.1. The van der Waals surface area contributed by atoms with E-state index in [0.29, 0.717) is 35.3 Å². The van der Waals surface area contributed by atoms with Crippen LogP contribution in [0.25, 0.3) is 6.08 Å². The summed E-state index contributed by atoms with van der Waals surface area (Å²) in [7, 11) is 1.20. The van der Waals surface area contributed by atoms with Gasteiger partial charge in [-0.15, -0.1) is 0 Å². The van der Waals surface area contributed by atoms with E-state index >= 15 is 0 Å². The number of halogens is 1. The average molecular weight is 490 g/mol. The number of hydrogen-bond acceptors (Lipinski definition) is 7. The predicted octanol–water partition coefficient (Wildman–Crippen LogP) is 5.22. The van der Waals surface area contributed by atoms with Gasteiger partial charge in [0.1, 0.15) is 12.6 Å². The third-order valence-electron chi connectivity index (χ3n) is 4.89. The molecular weight excluding hydrogens is 466 g/mol. The van der Waals surface area contributed by atoms with Crippen molar-refractivity contribution in [1.29, 1.82) is 0 Å². The Balaban J connectivity index is 1.86. The van der Waals surface area contributed by atoms with Crippen LogP contribution < -0.4 is 9.47 Å². The monoisotopic (exact) mass is 489 g/mol. The molecule has 0 aromatic heterocycles. The van der Waals surface area contributed by atoms with Gasteiger partial charge < -0.3 is 14.2 Å². The van der Waals surface area contributed by atoms with Crippen LogP contribution in [0, 0.1) is 6.92 Å². The maximum absolute atomic E-state index is 12.7. The van der Waals surface area contributed by atoms with Crippen molar-refractivity contribution in [2.75, 3.05) is 13.7 Å². The van der Waals surface area contributed by atoms with Gasteiger partial charge in [0, 0.05) is 0 Å². The summed E-state index contributed by atoms with van der Waals surface area (Å²) >= 11 is 7.23. The van der Waals surface area contributed by atoms with Gasteiger partial charge >= 0.3 is 5.97 Å². The summed E-state index contributed by atoms with van der Waals surface area (Å²) < 4.78 is 16.3. The standard InChI is InChI=1S/C24H24ClNO6S/c1-5-31-19-11-17(10-18(25)21(19)32-13-16-8-6-14(2)7-9-16)12-20-22(27)26(24(29)33-20)15(3)23(28)30-4/h6-12,15H,5,13H2,1-4H3/b20-12+/t15-/m1/s1. The Morgan fingerprint density at radius 2 is 1.88 bits per heavy atom. The third-order valence-corrected chi connectivity index (χ3v) is 6.05. The van der Waals surface area contributed by atoms with E-state index in [-0.39, 0.29) is 4.91 Å². The summed E-state index contributed by atoms with van der Waals surface area (Å²) in [5, 5.41) is -0.236. The van der Waals surface area contributed by atoms with Crippen LogP contribution >= 0.6 is 23.4 Å². The highest BCUT2D eigenvalue weighted by atomic mass is 35.5. The van der Waals surface area contributed by atoms with E-state index in [1.165, 1.54) is 20.1 Å². The summed E-state index contributed by atoms with van der Waals surface area (Å²) in [6.45, 7) is 5.98. The second-order valence-electron chi connectivity index (χ2n) is 7.29. The van der Waals surface area contributed by atoms with E-state index < -0.39 is 23.2 Å². The van der Waals surface area contributed by atoms with Crippen LogP contribution in [0.4, 0.5) is 4.79 Å². The minimum Gasteiger partial charge on any atom is -0.490 e. The van der Waals surface area contributed by atoms with Crippen molar-refractivity contribution in [1.82, 2.24) is 4.90 Å². The number of ether oxygens (including phenoxy) is 3. The van der Waals surface area contributed by atoms with E-state index in [0.717, 1.165) is 27.8 Å². The SMILES string of the molecule is CCOc1cc(/C=C2/SC(=O)N([C@H](C)C(=O)OC)C2=O)cc(Cl)c1OCc1ccc(C)cc1. The Labute approximate surface area is 201 Å². The minimum absolute atomic E-state index is 0.169. The van der Waals surface area contributed by atoms with Crippen LogP contribution in [0.3, 0.4) is 0 Å². The molecule has 174 valence electrons. The molecule has 2 amide bonds. The fourth-order valence-electron chi connectivity index (χ4n) is 3.16. The molecular formula is C24H24ClNO6S. The topological polar surface area (TPSA) is 82.1 Å². The molecule has 1 atom stereocenters. The van der Waals surface area contributed by atoms with Crippen molar-refractivity contribution in [3.05, 3.63) is 63.0 Å². The van der Waals surface area contributed by atoms with Gasteiger partial charge in [-0.2, -0.15) is 0 Å². The molecule has 2 aromatic rings. The normalized spacial score (nSPS) is 15.7. The largest absolute Gasteiger partial charge is 0.490 e. The molecule has 9 heteroatoms. The minimum atomic E-state index is -1.02. The van der Waals surface area contributed by atoms with Gasteiger partial charge in [-0.3, -0.25) is 14.5 Å². The smallest absolute Gasteiger partial charge is 0.328 e. The molecule has 0 bridgehead atoms. The van der Waals surface area contributed by atoms with Gasteiger partial charge in [0.15, 0.2) is 11.5 Å². The number of thioether (sulfide) groups is 1. The summed E-state index contributed by atoms with van der Waals surface area (Å²) in [6, 6.07) is 10.3. The number of nitrogens with zero attached hydrogens (tertiary/aromatic N) is 1. The molecule has 0 unspecified atom stereocenters. The van der Waals surface area contributed by atoms with Crippen LogP contribution in [-0.4, -0.2) is 41.8 Å². The highest BCUT2D eigenvalue weighted by Gasteiger charge is 2.41. The Morgan fingerprint density at radius 3 is 2.52 bits per heavy atom. The molecule has 0 N–H and O–H groups in total. The van der Waals surface area contributed by atoms with Gasteiger partial charge in [-0.25, -0.2) is 4.79 Å². The number of rotatable bonds is 8. The highest BCUT2D eigenvalue weighted by Crippen LogP contribution is 2.40. The molecule has 1 saturated heterocycles. The lowest BCUT2D eigenvalue weighted by Gasteiger charge is -2.18. The van der Waals surface area contributed by atoms with E-state index in [2.05, 4.69) is 4.74 Å². The summed E-state index contributed by atoms with van der Waals surface area (Å²) in [6.07, 6.45) is 1.53. The number of amides is 2. The van der Waals surface area contributed by atoms with E-state index in [1.807, 2.05) is 38.1 Å². The molecule has 0 radical (unpaired) electrons. The lowest BCUT2D eigenvalue weighted by Crippen LogP contribution is -2.42. The lowest BCUT2D eigenvalue weighted by molar-refractivity contribution is -0.148. The van der Waals surface area contributed by atoms with Gasteiger partial charge in [-0.05, 0) is 61.9 Å². The fraction of sp³-hybridized carbons (Fsp3) is 0.292. The second-order valence-corrected chi connectivity index (χ2v) is 8.69. The van der Waals surface area contributed by atoms with E-state index in [1.54, 1.807) is 12.1 Å². The number of imide groups is 1. The van der Waals surface area contributed by atoms with Gasteiger partial charge in [0.2, 0.25) is 0 Å². The van der Waals surface area contributed by atoms with Crippen molar-refractivity contribution in [2.45, 2.75) is 33.4 Å². The lowest BCUT2D eigenvalue weighted by atomic mass is 10.1. The second kappa shape index (κ2) is 10.8. The number of carbonyl (C=O) groups is 3. The summed E-state index contributed by atoms with van der Waals surface area (Å²) in [5.74, 6) is -0.429. The number of carbonyl (C=O) groups excluding carboxylic acids is 3. The van der Waals surface area contributed by atoms with Crippen LogP contribution in [0.5, 0.6) is 11.5 Å². The van der Waals surface area contributed by atoms with Crippen LogP contribution in [-0.2, 0) is 20.9 Å². The molecule has 0 spiro atoms. The Bertz CT molecular complexity index is 1100. The van der Waals surface area contributed by atoms with Crippen LogP contribution in [0.2, 0.25) is 5.02 Å². The molecule has 2 aromatic carbocycles. The first-order valence-corrected chi connectivity index (χ1v) is 11.4. The number of methoxy groups -OCH3 is 1. The maximum atomic E-state index is 12.7. The van der Waals surface area contributed by atoms with Crippen molar-refractivity contribution < 1.29 is 28.6 Å².